The molecule has 19 heavy (non-hydrogen) atoms. The lowest BCUT2D eigenvalue weighted by Gasteiger charge is -2.08. The molecular weight excluding hydrogens is 255 g/mol. The minimum absolute atomic E-state index is 0.0276. The number of carbonyl (C=O) groups is 2. The van der Waals surface area contributed by atoms with Crippen LogP contribution in [0.25, 0.3) is 0 Å². The fraction of sp³-hybridized carbons (Fsp3) is 0.0909. The number of hydrogen-bond donors (Lipinski definition) is 2. The third-order valence-electron chi connectivity index (χ3n) is 2.27. The number of carbonyl (C=O) groups excluding carboxylic acids is 2. The molecule has 0 saturated carbocycles. The van der Waals surface area contributed by atoms with Gasteiger partial charge in [0.25, 0.3) is 5.91 Å². The number of halogens is 1. The van der Waals surface area contributed by atoms with Crippen LogP contribution in [0, 0.1) is 5.82 Å². The highest BCUT2D eigenvalue weighted by molar-refractivity contribution is 6.06. The standard InChI is InChI=1S/C11H9FN4O3/c1-19-11(18)7-4-6(12)2-3-8(7)15-10(17)9-13-5-14-16-9/h2-5H,1H3,(H,15,17)(H,13,14,16). The van der Waals surface area contributed by atoms with Crippen LogP contribution in [0.2, 0.25) is 0 Å². The average molecular weight is 264 g/mol. The van der Waals surface area contributed by atoms with Crippen molar-refractivity contribution in [3.05, 3.63) is 41.7 Å². The number of anilines is 1. The van der Waals surface area contributed by atoms with Gasteiger partial charge in [-0.3, -0.25) is 9.89 Å². The van der Waals surface area contributed by atoms with E-state index < -0.39 is 17.7 Å². The van der Waals surface area contributed by atoms with Crippen LogP contribution in [-0.4, -0.2) is 34.2 Å². The van der Waals surface area contributed by atoms with E-state index in [2.05, 4.69) is 25.2 Å². The number of ether oxygens (including phenoxy) is 1. The Morgan fingerprint density at radius 3 is 2.84 bits per heavy atom. The molecule has 7 nitrogen and oxygen atoms in total. The lowest BCUT2D eigenvalue weighted by molar-refractivity contribution is 0.0601. The molecule has 1 aromatic carbocycles. The van der Waals surface area contributed by atoms with Crippen molar-refractivity contribution >= 4 is 17.6 Å². The van der Waals surface area contributed by atoms with E-state index in [-0.39, 0.29) is 17.1 Å². The summed E-state index contributed by atoms with van der Waals surface area (Å²) in [7, 11) is 1.16. The maximum Gasteiger partial charge on any atom is 0.340 e. The number of methoxy groups -OCH3 is 1. The highest BCUT2D eigenvalue weighted by Gasteiger charge is 2.16. The van der Waals surface area contributed by atoms with E-state index in [0.717, 1.165) is 19.2 Å². The van der Waals surface area contributed by atoms with Crippen molar-refractivity contribution in [2.24, 2.45) is 0 Å². The maximum absolute atomic E-state index is 13.1. The number of nitrogens with one attached hydrogen (secondary N) is 2. The lowest BCUT2D eigenvalue weighted by Crippen LogP contribution is -2.17. The van der Waals surface area contributed by atoms with Gasteiger partial charge in [0.15, 0.2) is 0 Å². The number of benzene rings is 1. The van der Waals surface area contributed by atoms with Crippen molar-refractivity contribution in [1.29, 1.82) is 0 Å². The van der Waals surface area contributed by atoms with Crippen LogP contribution < -0.4 is 5.32 Å². The van der Waals surface area contributed by atoms with Crippen LogP contribution in [-0.2, 0) is 4.74 Å². The minimum atomic E-state index is -0.757. The van der Waals surface area contributed by atoms with Crippen molar-refractivity contribution < 1.29 is 18.7 Å². The fourth-order valence-corrected chi connectivity index (χ4v) is 1.40. The lowest BCUT2D eigenvalue weighted by atomic mass is 10.1. The third-order valence-corrected chi connectivity index (χ3v) is 2.27. The summed E-state index contributed by atoms with van der Waals surface area (Å²) >= 11 is 0. The molecule has 0 bridgehead atoms. The molecule has 0 aliphatic rings. The largest absolute Gasteiger partial charge is 0.465 e. The van der Waals surface area contributed by atoms with Gasteiger partial charge >= 0.3 is 5.97 Å². The predicted molar refractivity (Wildman–Crippen MR) is 62.1 cm³/mol. The number of aromatic amines is 1. The number of esters is 1. The highest BCUT2D eigenvalue weighted by atomic mass is 19.1. The zero-order valence-electron chi connectivity index (χ0n) is 9.81. The van der Waals surface area contributed by atoms with Gasteiger partial charge in [-0.2, -0.15) is 5.10 Å². The van der Waals surface area contributed by atoms with Gasteiger partial charge in [-0.25, -0.2) is 14.2 Å². The van der Waals surface area contributed by atoms with Crippen molar-refractivity contribution in [2.45, 2.75) is 0 Å². The van der Waals surface area contributed by atoms with E-state index in [9.17, 15) is 14.0 Å². The zero-order valence-corrected chi connectivity index (χ0v) is 9.81. The fourth-order valence-electron chi connectivity index (χ4n) is 1.40. The second-order valence-electron chi connectivity index (χ2n) is 3.47. The van der Waals surface area contributed by atoms with Crippen LogP contribution in [0.15, 0.2) is 24.5 Å². The van der Waals surface area contributed by atoms with Crippen LogP contribution in [0.5, 0.6) is 0 Å². The first-order valence-corrected chi connectivity index (χ1v) is 5.16. The summed E-state index contributed by atoms with van der Waals surface area (Å²) in [6, 6.07) is 3.35. The van der Waals surface area contributed by atoms with Crippen molar-refractivity contribution in [3.8, 4) is 0 Å². The molecule has 0 aliphatic heterocycles. The Morgan fingerprint density at radius 2 is 2.21 bits per heavy atom. The molecule has 8 heteroatoms. The molecule has 0 unspecified atom stereocenters. The first kappa shape index (κ1) is 12.7. The second-order valence-corrected chi connectivity index (χ2v) is 3.47. The van der Waals surface area contributed by atoms with Gasteiger partial charge in [0.2, 0.25) is 5.82 Å². The number of H-pyrrole nitrogens is 1. The van der Waals surface area contributed by atoms with Crippen molar-refractivity contribution in [1.82, 2.24) is 15.2 Å². The van der Waals surface area contributed by atoms with E-state index in [1.165, 1.54) is 12.4 Å². The van der Waals surface area contributed by atoms with Gasteiger partial charge < -0.3 is 10.1 Å². The molecular formula is C11H9FN4O3. The summed E-state index contributed by atoms with van der Waals surface area (Å²) in [4.78, 5) is 26.9. The molecule has 0 aliphatic carbocycles. The first-order valence-electron chi connectivity index (χ1n) is 5.16. The van der Waals surface area contributed by atoms with E-state index in [1.807, 2.05) is 0 Å². The summed E-state index contributed by atoms with van der Waals surface area (Å²) in [6.45, 7) is 0. The normalized spacial score (nSPS) is 10.0. The van der Waals surface area contributed by atoms with E-state index in [4.69, 9.17) is 0 Å². The monoisotopic (exact) mass is 264 g/mol. The van der Waals surface area contributed by atoms with Crippen LogP contribution in [0.1, 0.15) is 21.0 Å². The molecule has 0 fully saturated rings. The molecule has 0 radical (unpaired) electrons. The molecule has 98 valence electrons. The summed E-state index contributed by atoms with van der Waals surface area (Å²) in [5.74, 6) is -2.00. The molecule has 0 spiro atoms. The van der Waals surface area contributed by atoms with Gasteiger partial charge in [0, 0.05) is 0 Å². The number of rotatable bonds is 3. The minimum Gasteiger partial charge on any atom is -0.465 e. The van der Waals surface area contributed by atoms with Gasteiger partial charge in [0.1, 0.15) is 12.1 Å². The number of amides is 1. The summed E-state index contributed by atoms with van der Waals surface area (Å²) in [6.07, 6.45) is 1.17. The number of nitrogens with zero attached hydrogens (tertiary/aromatic N) is 2. The van der Waals surface area contributed by atoms with E-state index in [1.54, 1.807) is 0 Å². The van der Waals surface area contributed by atoms with Gasteiger partial charge in [-0.1, -0.05) is 0 Å². The Kier molecular flexibility index (Phi) is 3.51. The Bertz CT molecular complexity index is 612. The SMILES string of the molecule is COC(=O)c1cc(F)ccc1NC(=O)c1ncn[nH]1. The molecule has 2 aromatic rings. The van der Waals surface area contributed by atoms with Gasteiger partial charge in [-0.15, -0.1) is 0 Å². The molecule has 2 N–H and O–H groups in total. The maximum atomic E-state index is 13.1. The molecule has 1 amide bonds. The molecule has 0 saturated heterocycles. The Balaban J connectivity index is 2.29. The van der Waals surface area contributed by atoms with Gasteiger partial charge in [0.05, 0.1) is 18.4 Å². The third kappa shape index (κ3) is 2.73. The number of hydrogen-bond acceptors (Lipinski definition) is 5. The Morgan fingerprint density at radius 1 is 1.42 bits per heavy atom. The van der Waals surface area contributed by atoms with Crippen molar-refractivity contribution in [3.63, 3.8) is 0 Å². The van der Waals surface area contributed by atoms with Crippen molar-refractivity contribution in [2.75, 3.05) is 12.4 Å². The topological polar surface area (TPSA) is 97.0 Å². The summed E-state index contributed by atoms with van der Waals surface area (Å²) in [5, 5.41) is 8.31. The smallest absolute Gasteiger partial charge is 0.340 e. The first-order chi connectivity index (χ1) is 9.11. The van der Waals surface area contributed by atoms with E-state index >= 15 is 0 Å². The highest BCUT2D eigenvalue weighted by Crippen LogP contribution is 2.18. The molecule has 0 atom stereocenters. The van der Waals surface area contributed by atoms with E-state index in [0.29, 0.717) is 0 Å². The average Bonchev–Trinajstić information content (AvgIpc) is 2.94. The van der Waals surface area contributed by atoms with Crippen LogP contribution in [0.3, 0.4) is 0 Å². The Labute approximate surface area is 106 Å². The second kappa shape index (κ2) is 5.25. The predicted octanol–water partition coefficient (Wildman–Crippen LogP) is 0.983. The molecule has 2 rings (SSSR count). The summed E-state index contributed by atoms with van der Waals surface area (Å²) in [5.41, 5.74) is 0.0324. The number of aromatic nitrogens is 3. The summed E-state index contributed by atoms with van der Waals surface area (Å²) < 4.78 is 17.6. The molecule has 1 aromatic heterocycles. The van der Waals surface area contributed by atoms with Gasteiger partial charge in [-0.05, 0) is 18.2 Å². The molecule has 1 heterocycles. The zero-order chi connectivity index (χ0) is 13.8. The van der Waals surface area contributed by atoms with Crippen LogP contribution >= 0.6 is 0 Å². The van der Waals surface area contributed by atoms with Crippen LogP contribution in [0.4, 0.5) is 10.1 Å². The Hall–Kier alpha value is -2.77. The quantitative estimate of drug-likeness (QED) is 0.805.